The van der Waals surface area contributed by atoms with E-state index in [1.807, 2.05) is 0 Å². The van der Waals surface area contributed by atoms with Gasteiger partial charge in [0.15, 0.2) is 0 Å². The predicted molar refractivity (Wildman–Crippen MR) is 65.7 cm³/mol. The van der Waals surface area contributed by atoms with Gasteiger partial charge in [0, 0.05) is 12.6 Å². The van der Waals surface area contributed by atoms with Gasteiger partial charge in [-0.05, 0) is 6.07 Å². The summed E-state index contributed by atoms with van der Waals surface area (Å²) in [4.78, 5) is 8.40. The number of imidazole rings is 1. The standard InChI is InChI=1S/C12H15N3O4/c1-18-12-11-7(2-3-13-12)14-6-15(11)10-4-8(17)9(5-16)19-10/h2-3,6,8-10,16-17H,4-5H2,1H3/t8?,9-,10?/m1/s1. The first kappa shape index (κ1) is 12.3. The number of hydrogen-bond donors (Lipinski definition) is 2. The highest BCUT2D eigenvalue weighted by Crippen LogP contribution is 2.33. The van der Waals surface area contributed by atoms with E-state index < -0.39 is 12.2 Å². The summed E-state index contributed by atoms with van der Waals surface area (Å²) in [5.74, 6) is 0.459. The van der Waals surface area contributed by atoms with Crippen molar-refractivity contribution in [3.63, 3.8) is 0 Å². The fourth-order valence-electron chi connectivity index (χ4n) is 2.37. The molecule has 0 bridgehead atoms. The molecule has 0 radical (unpaired) electrons. The molecule has 2 aromatic rings. The Balaban J connectivity index is 2.02. The van der Waals surface area contributed by atoms with Crippen LogP contribution in [0.1, 0.15) is 12.6 Å². The average molecular weight is 265 g/mol. The van der Waals surface area contributed by atoms with Crippen molar-refractivity contribution in [1.29, 1.82) is 0 Å². The number of ether oxygens (including phenoxy) is 2. The Morgan fingerprint density at radius 1 is 1.53 bits per heavy atom. The van der Waals surface area contributed by atoms with E-state index in [0.29, 0.717) is 12.3 Å². The third-order valence-electron chi connectivity index (χ3n) is 3.34. The first-order chi connectivity index (χ1) is 9.24. The molecule has 3 atom stereocenters. The van der Waals surface area contributed by atoms with Gasteiger partial charge in [-0.1, -0.05) is 0 Å². The lowest BCUT2D eigenvalue weighted by atomic mass is 10.2. The molecule has 1 aliphatic heterocycles. The summed E-state index contributed by atoms with van der Waals surface area (Å²) in [6.45, 7) is -0.209. The largest absolute Gasteiger partial charge is 0.479 e. The quantitative estimate of drug-likeness (QED) is 0.817. The molecule has 0 saturated carbocycles. The second-order valence-corrected chi connectivity index (χ2v) is 4.45. The summed E-state index contributed by atoms with van der Waals surface area (Å²) in [6, 6.07) is 1.78. The Labute approximate surface area is 109 Å². The van der Waals surface area contributed by atoms with E-state index in [1.165, 1.54) is 0 Å². The smallest absolute Gasteiger partial charge is 0.240 e. The lowest BCUT2D eigenvalue weighted by molar-refractivity contribution is -0.0431. The van der Waals surface area contributed by atoms with E-state index in [0.717, 1.165) is 11.0 Å². The first-order valence-electron chi connectivity index (χ1n) is 6.04. The summed E-state index contributed by atoms with van der Waals surface area (Å²) in [5.41, 5.74) is 1.47. The van der Waals surface area contributed by atoms with Crippen LogP contribution in [0.3, 0.4) is 0 Å². The molecular formula is C12H15N3O4. The maximum Gasteiger partial charge on any atom is 0.240 e. The Morgan fingerprint density at radius 2 is 2.37 bits per heavy atom. The number of fused-ring (bicyclic) bond motifs is 1. The second kappa shape index (κ2) is 4.76. The zero-order chi connectivity index (χ0) is 13.4. The van der Waals surface area contributed by atoms with Crippen molar-refractivity contribution < 1.29 is 19.7 Å². The summed E-state index contributed by atoms with van der Waals surface area (Å²) in [5, 5.41) is 18.9. The Morgan fingerprint density at radius 3 is 3.05 bits per heavy atom. The van der Waals surface area contributed by atoms with Crippen molar-refractivity contribution >= 4 is 11.0 Å². The Kier molecular flexibility index (Phi) is 3.09. The number of rotatable bonds is 3. The molecule has 0 aromatic carbocycles. The molecule has 1 fully saturated rings. The molecule has 2 aromatic heterocycles. The molecule has 102 valence electrons. The average Bonchev–Trinajstić information content (AvgIpc) is 3.01. The zero-order valence-electron chi connectivity index (χ0n) is 10.4. The first-order valence-corrected chi connectivity index (χ1v) is 6.04. The maximum absolute atomic E-state index is 9.79. The fraction of sp³-hybridized carbons (Fsp3) is 0.500. The number of aromatic nitrogens is 3. The van der Waals surface area contributed by atoms with E-state index in [9.17, 15) is 5.11 Å². The highest BCUT2D eigenvalue weighted by atomic mass is 16.5. The van der Waals surface area contributed by atoms with E-state index in [4.69, 9.17) is 14.6 Å². The van der Waals surface area contributed by atoms with E-state index in [-0.39, 0.29) is 12.8 Å². The van der Waals surface area contributed by atoms with Gasteiger partial charge in [-0.15, -0.1) is 0 Å². The third kappa shape index (κ3) is 1.95. The molecule has 7 heteroatoms. The fourth-order valence-corrected chi connectivity index (χ4v) is 2.37. The van der Waals surface area contributed by atoms with Crippen LogP contribution in [0, 0.1) is 0 Å². The zero-order valence-corrected chi connectivity index (χ0v) is 10.4. The number of aliphatic hydroxyl groups is 2. The van der Waals surface area contributed by atoms with Crippen LogP contribution in [-0.4, -0.2) is 50.7 Å². The van der Waals surface area contributed by atoms with Crippen LogP contribution >= 0.6 is 0 Å². The number of hydrogen-bond acceptors (Lipinski definition) is 6. The minimum absolute atomic E-state index is 0.209. The minimum Gasteiger partial charge on any atom is -0.479 e. The Bertz CT molecular complexity index is 585. The van der Waals surface area contributed by atoms with Crippen molar-refractivity contribution in [2.24, 2.45) is 0 Å². The predicted octanol–water partition coefficient (Wildman–Crippen LogP) is 0.0806. The lowest BCUT2D eigenvalue weighted by Crippen LogP contribution is -2.24. The van der Waals surface area contributed by atoms with Gasteiger partial charge >= 0.3 is 0 Å². The van der Waals surface area contributed by atoms with Crippen molar-refractivity contribution in [3.8, 4) is 5.88 Å². The lowest BCUT2D eigenvalue weighted by Gasteiger charge is -2.14. The van der Waals surface area contributed by atoms with E-state index in [1.54, 1.807) is 30.3 Å². The van der Waals surface area contributed by atoms with Crippen LogP contribution in [-0.2, 0) is 4.74 Å². The van der Waals surface area contributed by atoms with Gasteiger partial charge in [-0.3, -0.25) is 4.57 Å². The van der Waals surface area contributed by atoms with Gasteiger partial charge in [0.05, 0.1) is 31.7 Å². The third-order valence-corrected chi connectivity index (χ3v) is 3.34. The van der Waals surface area contributed by atoms with Crippen molar-refractivity contribution in [3.05, 3.63) is 18.6 Å². The van der Waals surface area contributed by atoms with Crippen molar-refractivity contribution in [1.82, 2.24) is 14.5 Å². The highest BCUT2D eigenvalue weighted by molar-refractivity contribution is 5.80. The number of nitrogens with zero attached hydrogens (tertiary/aromatic N) is 3. The van der Waals surface area contributed by atoms with Crippen LogP contribution < -0.4 is 4.74 Å². The van der Waals surface area contributed by atoms with E-state index in [2.05, 4.69) is 9.97 Å². The number of pyridine rings is 1. The monoisotopic (exact) mass is 265 g/mol. The molecule has 19 heavy (non-hydrogen) atoms. The summed E-state index contributed by atoms with van der Waals surface area (Å²) in [6.07, 6.45) is 2.02. The second-order valence-electron chi connectivity index (χ2n) is 4.45. The highest BCUT2D eigenvalue weighted by Gasteiger charge is 2.35. The van der Waals surface area contributed by atoms with Gasteiger partial charge in [0.25, 0.3) is 0 Å². The van der Waals surface area contributed by atoms with Crippen LogP contribution in [0.2, 0.25) is 0 Å². The molecule has 3 heterocycles. The van der Waals surface area contributed by atoms with Gasteiger partial charge in [-0.25, -0.2) is 9.97 Å². The van der Waals surface area contributed by atoms with Gasteiger partial charge in [-0.2, -0.15) is 0 Å². The van der Waals surface area contributed by atoms with Gasteiger partial charge in [0.1, 0.15) is 17.8 Å². The minimum atomic E-state index is -0.685. The molecule has 0 amide bonds. The van der Waals surface area contributed by atoms with Crippen LogP contribution in [0.15, 0.2) is 18.6 Å². The normalized spacial score (nSPS) is 27.0. The maximum atomic E-state index is 9.79. The van der Waals surface area contributed by atoms with Crippen LogP contribution in [0.5, 0.6) is 5.88 Å². The van der Waals surface area contributed by atoms with Gasteiger partial charge in [0.2, 0.25) is 5.88 Å². The SMILES string of the molecule is COc1nccc2ncn(C3CC(O)[C@@H](CO)O3)c12. The summed E-state index contributed by atoms with van der Waals surface area (Å²) < 4.78 is 12.6. The van der Waals surface area contributed by atoms with Gasteiger partial charge < -0.3 is 19.7 Å². The molecule has 1 aliphatic rings. The molecule has 1 saturated heterocycles. The van der Waals surface area contributed by atoms with E-state index >= 15 is 0 Å². The van der Waals surface area contributed by atoms with Crippen molar-refractivity contribution in [2.45, 2.75) is 24.9 Å². The van der Waals surface area contributed by atoms with Crippen molar-refractivity contribution in [2.75, 3.05) is 13.7 Å². The summed E-state index contributed by atoms with van der Waals surface area (Å²) in [7, 11) is 1.54. The Hall–Kier alpha value is -1.70. The molecule has 7 nitrogen and oxygen atoms in total. The number of methoxy groups -OCH3 is 1. The van der Waals surface area contributed by atoms with Crippen LogP contribution in [0.4, 0.5) is 0 Å². The molecule has 2 N–H and O–H groups in total. The molecule has 3 rings (SSSR count). The topological polar surface area (TPSA) is 89.6 Å². The molecule has 0 aliphatic carbocycles. The number of aliphatic hydroxyl groups excluding tert-OH is 2. The molecular weight excluding hydrogens is 250 g/mol. The summed E-state index contributed by atoms with van der Waals surface area (Å²) >= 11 is 0. The molecule has 0 spiro atoms. The van der Waals surface area contributed by atoms with Crippen LogP contribution in [0.25, 0.3) is 11.0 Å². The molecule has 2 unspecified atom stereocenters.